The van der Waals surface area contributed by atoms with Crippen LogP contribution >= 0.6 is 0 Å². The van der Waals surface area contributed by atoms with Crippen molar-refractivity contribution in [2.75, 3.05) is 0 Å². The summed E-state index contributed by atoms with van der Waals surface area (Å²) in [5.74, 6) is 0.545. The standard InChI is InChI=1S/C16H18N2/c1-11(2)13-5-7-14(8-6-13)16-9-15(10-17)12(3)18(16)4/h5-9,11H,1-4H3. The second kappa shape index (κ2) is 4.70. The van der Waals surface area contributed by atoms with Gasteiger partial charge in [-0.1, -0.05) is 38.1 Å². The predicted octanol–water partition coefficient (Wildman–Crippen LogP) is 4.00. The second-order valence-electron chi connectivity index (χ2n) is 4.98. The van der Waals surface area contributed by atoms with Crippen LogP contribution in [-0.2, 0) is 7.05 Å². The van der Waals surface area contributed by atoms with Gasteiger partial charge in [-0.15, -0.1) is 0 Å². The minimum absolute atomic E-state index is 0.545. The quantitative estimate of drug-likeness (QED) is 0.777. The lowest BCUT2D eigenvalue weighted by molar-refractivity contribution is 0.865. The van der Waals surface area contributed by atoms with E-state index in [0.717, 1.165) is 22.5 Å². The Hall–Kier alpha value is -2.01. The van der Waals surface area contributed by atoms with Crippen molar-refractivity contribution in [1.29, 1.82) is 5.26 Å². The molecule has 1 aromatic heterocycles. The van der Waals surface area contributed by atoms with Crippen LogP contribution < -0.4 is 0 Å². The fourth-order valence-electron chi connectivity index (χ4n) is 2.13. The van der Waals surface area contributed by atoms with Gasteiger partial charge in [0.1, 0.15) is 6.07 Å². The molecule has 2 aromatic rings. The zero-order chi connectivity index (χ0) is 13.3. The number of nitriles is 1. The summed E-state index contributed by atoms with van der Waals surface area (Å²) in [6.07, 6.45) is 0. The van der Waals surface area contributed by atoms with Gasteiger partial charge >= 0.3 is 0 Å². The molecule has 1 aromatic carbocycles. The van der Waals surface area contributed by atoms with Crippen molar-refractivity contribution >= 4 is 0 Å². The van der Waals surface area contributed by atoms with Crippen molar-refractivity contribution in [3.63, 3.8) is 0 Å². The van der Waals surface area contributed by atoms with Crippen LogP contribution in [0.3, 0.4) is 0 Å². The minimum Gasteiger partial charge on any atom is -0.347 e. The maximum Gasteiger partial charge on any atom is 0.101 e. The minimum atomic E-state index is 0.545. The van der Waals surface area contributed by atoms with Crippen LogP contribution in [0.2, 0.25) is 0 Å². The first-order chi connectivity index (χ1) is 8.54. The van der Waals surface area contributed by atoms with Gasteiger partial charge in [-0.05, 0) is 30.0 Å². The van der Waals surface area contributed by atoms with Gasteiger partial charge in [0, 0.05) is 18.4 Å². The first-order valence-electron chi connectivity index (χ1n) is 6.21. The lowest BCUT2D eigenvalue weighted by Gasteiger charge is -2.08. The van der Waals surface area contributed by atoms with Crippen LogP contribution in [0.25, 0.3) is 11.3 Å². The lowest BCUT2D eigenvalue weighted by Crippen LogP contribution is -1.94. The smallest absolute Gasteiger partial charge is 0.101 e. The molecule has 0 radical (unpaired) electrons. The summed E-state index contributed by atoms with van der Waals surface area (Å²) in [7, 11) is 2.00. The molecule has 2 nitrogen and oxygen atoms in total. The molecular formula is C16H18N2. The Kier molecular flexibility index (Phi) is 3.25. The first kappa shape index (κ1) is 12.4. The van der Waals surface area contributed by atoms with E-state index in [4.69, 9.17) is 5.26 Å². The fraction of sp³-hybridized carbons (Fsp3) is 0.312. The highest BCUT2D eigenvalue weighted by atomic mass is 15.0. The number of nitrogens with zero attached hydrogens (tertiary/aromatic N) is 2. The normalized spacial score (nSPS) is 10.7. The van der Waals surface area contributed by atoms with Crippen LogP contribution in [0, 0.1) is 18.3 Å². The van der Waals surface area contributed by atoms with Crippen molar-refractivity contribution in [3.05, 3.63) is 47.2 Å². The summed E-state index contributed by atoms with van der Waals surface area (Å²) in [5.41, 5.74) is 5.36. The molecule has 18 heavy (non-hydrogen) atoms. The SMILES string of the molecule is Cc1c(C#N)cc(-c2ccc(C(C)C)cc2)n1C. The largest absolute Gasteiger partial charge is 0.347 e. The molecule has 2 rings (SSSR count). The Balaban J connectivity index is 2.47. The van der Waals surface area contributed by atoms with E-state index in [2.05, 4.69) is 48.7 Å². The molecular weight excluding hydrogens is 220 g/mol. The zero-order valence-electron chi connectivity index (χ0n) is 11.4. The number of aromatic nitrogens is 1. The Labute approximate surface area is 108 Å². The second-order valence-corrected chi connectivity index (χ2v) is 4.98. The third-order valence-electron chi connectivity index (χ3n) is 3.53. The van der Waals surface area contributed by atoms with Crippen LogP contribution in [-0.4, -0.2) is 4.57 Å². The van der Waals surface area contributed by atoms with E-state index in [1.807, 2.05) is 20.0 Å². The van der Waals surface area contributed by atoms with E-state index >= 15 is 0 Å². The third kappa shape index (κ3) is 2.04. The molecule has 92 valence electrons. The van der Waals surface area contributed by atoms with Gasteiger partial charge < -0.3 is 4.57 Å². The summed E-state index contributed by atoms with van der Waals surface area (Å²) in [5, 5.41) is 9.06. The van der Waals surface area contributed by atoms with E-state index in [1.54, 1.807) is 0 Å². The van der Waals surface area contributed by atoms with Gasteiger partial charge in [0.05, 0.1) is 5.56 Å². The Morgan fingerprint density at radius 1 is 1.17 bits per heavy atom. The average molecular weight is 238 g/mol. The van der Waals surface area contributed by atoms with Gasteiger partial charge in [-0.25, -0.2) is 0 Å². The first-order valence-corrected chi connectivity index (χ1v) is 6.21. The number of hydrogen-bond donors (Lipinski definition) is 0. The molecule has 0 bridgehead atoms. The molecule has 0 aliphatic rings. The lowest BCUT2D eigenvalue weighted by atomic mass is 10.0. The third-order valence-corrected chi connectivity index (χ3v) is 3.53. The van der Waals surface area contributed by atoms with Crippen molar-refractivity contribution in [1.82, 2.24) is 4.57 Å². The molecule has 0 unspecified atom stereocenters. The molecule has 0 saturated heterocycles. The average Bonchev–Trinajstić information content (AvgIpc) is 2.66. The van der Waals surface area contributed by atoms with Gasteiger partial charge in [-0.3, -0.25) is 0 Å². The predicted molar refractivity (Wildman–Crippen MR) is 74.4 cm³/mol. The molecule has 0 amide bonds. The molecule has 0 saturated carbocycles. The van der Waals surface area contributed by atoms with Gasteiger partial charge in [-0.2, -0.15) is 5.26 Å². The maximum absolute atomic E-state index is 9.06. The number of benzene rings is 1. The number of rotatable bonds is 2. The van der Waals surface area contributed by atoms with Crippen molar-refractivity contribution in [2.24, 2.45) is 7.05 Å². The summed E-state index contributed by atoms with van der Waals surface area (Å²) in [6, 6.07) is 12.8. The van der Waals surface area contributed by atoms with Crippen LogP contribution in [0.4, 0.5) is 0 Å². The Morgan fingerprint density at radius 2 is 1.78 bits per heavy atom. The van der Waals surface area contributed by atoms with Crippen molar-refractivity contribution < 1.29 is 0 Å². The van der Waals surface area contributed by atoms with E-state index in [-0.39, 0.29) is 0 Å². The molecule has 0 fully saturated rings. The summed E-state index contributed by atoms with van der Waals surface area (Å²) in [4.78, 5) is 0. The number of hydrogen-bond acceptors (Lipinski definition) is 1. The molecule has 0 atom stereocenters. The van der Waals surface area contributed by atoms with E-state index < -0.39 is 0 Å². The monoisotopic (exact) mass is 238 g/mol. The molecule has 0 spiro atoms. The fourth-order valence-corrected chi connectivity index (χ4v) is 2.13. The highest BCUT2D eigenvalue weighted by molar-refractivity contribution is 5.64. The molecule has 0 N–H and O–H groups in total. The highest BCUT2D eigenvalue weighted by Crippen LogP contribution is 2.26. The van der Waals surface area contributed by atoms with Gasteiger partial charge in [0.15, 0.2) is 0 Å². The molecule has 2 heteroatoms. The van der Waals surface area contributed by atoms with E-state index in [9.17, 15) is 0 Å². The van der Waals surface area contributed by atoms with Crippen molar-refractivity contribution in [3.8, 4) is 17.3 Å². The summed E-state index contributed by atoms with van der Waals surface area (Å²) in [6.45, 7) is 6.36. The highest BCUT2D eigenvalue weighted by Gasteiger charge is 2.10. The Bertz CT molecular complexity index is 595. The van der Waals surface area contributed by atoms with Crippen LogP contribution in [0.5, 0.6) is 0 Å². The van der Waals surface area contributed by atoms with Gasteiger partial charge in [0.2, 0.25) is 0 Å². The van der Waals surface area contributed by atoms with Crippen molar-refractivity contribution in [2.45, 2.75) is 26.7 Å². The Morgan fingerprint density at radius 3 is 2.22 bits per heavy atom. The van der Waals surface area contributed by atoms with E-state index in [1.165, 1.54) is 5.56 Å². The topological polar surface area (TPSA) is 28.7 Å². The zero-order valence-corrected chi connectivity index (χ0v) is 11.4. The van der Waals surface area contributed by atoms with Gasteiger partial charge in [0.25, 0.3) is 0 Å². The molecule has 0 aliphatic carbocycles. The van der Waals surface area contributed by atoms with Crippen LogP contribution in [0.15, 0.2) is 30.3 Å². The maximum atomic E-state index is 9.06. The molecule has 1 heterocycles. The summed E-state index contributed by atoms with van der Waals surface area (Å²) < 4.78 is 2.07. The van der Waals surface area contributed by atoms with E-state index in [0.29, 0.717) is 5.92 Å². The molecule has 0 aliphatic heterocycles. The van der Waals surface area contributed by atoms with Crippen LogP contribution in [0.1, 0.15) is 36.6 Å². The summed E-state index contributed by atoms with van der Waals surface area (Å²) >= 11 is 0.